The lowest BCUT2D eigenvalue weighted by Gasteiger charge is -2.33. The van der Waals surface area contributed by atoms with Gasteiger partial charge < -0.3 is 0 Å². The molecule has 0 N–H and O–H groups in total. The Bertz CT molecular complexity index is 1940. The maximum atomic E-state index is 5.47. The van der Waals surface area contributed by atoms with Crippen molar-refractivity contribution in [3.05, 3.63) is 154 Å². The second kappa shape index (κ2) is 10.3. The number of hydrogen-bond donors (Lipinski definition) is 0. The van der Waals surface area contributed by atoms with E-state index in [9.17, 15) is 0 Å². The Kier molecular flexibility index (Phi) is 6.50. The Morgan fingerprint density at radius 1 is 0.312 bits per heavy atom. The van der Waals surface area contributed by atoms with Crippen molar-refractivity contribution in [3.8, 4) is 33.9 Å². The summed E-state index contributed by atoms with van der Waals surface area (Å²) in [5, 5.41) is 0. The SMILES string of the molecule is CC1(C)c2cccc(c2)-c2cccc(n2)C(C)(C)c2cc3cc(n2)-c2cc1cc(n2)C(C)(C)c1cccc(n1)-c1cccc(c1)C3(C)C. The molecule has 48 heavy (non-hydrogen) atoms. The number of nitrogens with zero attached hydrogens (tertiary/aromatic N) is 4. The van der Waals surface area contributed by atoms with Gasteiger partial charge in [-0.1, -0.05) is 76.2 Å². The number of aromatic nitrogens is 4. The zero-order valence-corrected chi connectivity index (χ0v) is 29.2. The zero-order chi connectivity index (χ0) is 33.6. The van der Waals surface area contributed by atoms with E-state index in [1.807, 2.05) is 0 Å². The van der Waals surface area contributed by atoms with Crippen LogP contribution in [0.1, 0.15) is 100 Å². The third kappa shape index (κ3) is 4.64. The fourth-order valence-corrected chi connectivity index (χ4v) is 7.30. The molecule has 0 amide bonds. The largest absolute Gasteiger partial charge is 0.252 e. The first kappa shape index (κ1) is 30.4. The van der Waals surface area contributed by atoms with Crippen LogP contribution in [0.4, 0.5) is 0 Å². The van der Waals surface area contributed by atoms with Crippen LogP contribution in [0.2, 0.25) is 0 Å². The van der Waals surface area contributed by atoms with E-state index in [1.165, 1.54) is 22.3 Å². The van der Waals surface area contributed by atoms with E-state index in [2.05, 4.69) is 165 Å². The molecule has 0 radical (unpaired) electrons. The average molecular weight is 627 g/mol. The lowest BCUT2D eigenvalue weighted by molar-refractivity contribution is 0.579. The summed E-state index contributed by atoms with van der Waals surface area (Å²) < 4.78 is 0. The van der Waals surface area contributed by atoms with E-state index in [0.29, 0.717) is 0 Å². The molecular formula is C44H42N4. The molecule has 2 aliphatic heterocycles. The quantitative estimate of drug-likeness (QED) is 0.168. The van der Waals surface area contributed by atoms with Gasteiger partial charge in [-0.2, -0.15) is 0 Å². The minimum Gasteiger partial charge on any atom is -0.252 e. The van der Waals surface area contributed by atoms with Crippen LogP contribution in [0.3, 0.4) is 0 Å². The molecule has 0 saturated heterocycles. The molecule has 0 atom stereocenters. The molecule has 0 saturated carbocycles. The monoisotopic (exact) mass is 626 g/mol. The van der Waals surface area contributed by atoms with Crippen molar-refractivity contribution in [1.82, 2.24) is 19.9 Å². The summed E-state index contributed by atoms with van der Waals surface area (Å²) in [6.45, 7) is 18.2. The van der Waals surface area contributed by atoms with Crippen molar-refractivity contribution in [1.29, 1.82) is 0 Å². The highest BCUT2D eigenvalue weighted by atomic mass is 14.8. The summed E-state index contributed by atoms with van der Waals surface area (Å²) in [7, 11) is 0. The van der Waals surface area contributed by atoms with Gasteiger partial charge in [0.05, 0.1) is 45.6 Å². The minimum atomic E-state index is -0.480. The van der Waals surface area contributed by atoms with Gasteiger partial charge in [0, 0.05) is 32.8 Å². The number of pyridine rings is 4. The first-order valence-electron chi connectivity index (χ1n) is 17.0. The standard InChI is InChI=1S/C44H42N4/c1-41(2)29-15-9-13-27(21-29)33-17-11-20-38(45-33)44(7,8)40-26-32-24-36(48-40)35-23-31(41)25-39(47-35)43(5,6)37-19-12-18-34(46-37)28-14-10-16-30(22-28)42(32,3)4/h9-26H,1-8H3. The normalized spacial score (nSPS) is 17.4. The number of hydrogen-bond acceptors (Lipinski definition) is 4. The van der Waals surface area contributed by atoms with Crippen molar-refractivity contribution in [2.24, 2.45) is 0 Å². The Morgan fingerprint density at radius 2 is 0.688 bits per heavy atom. The third-order valence-corrected chi connectivity index (χ3v) is 11.2. The molecule has 2 aromatic carbocycles. The summed E-state index contributed by atoms with van der Waals surface area (Å²) in [4.78, 5) is 21.5. The molecular weight excluding hydrogens is 585 g/mol. The molecule has 238 valence electrons. The van der Waals surface area contributed by atoms with Gasteiger partial charge in [0.25, 0.3) is 0 Å². The summed E-state index contributed by atoms with van der Waals surface area (Å²) >= 11 is 0. The highest BCUT2D eigenvalue weighted by Crippen LogP contribution is 2.43. The van der Waals surface area contributed by atoms with Crippen LogP contribution in [-0.4, -0.2) is 19.9 Å². The molecule has 4 heteroatoms. The summed E-state index contributed by atoms with van der Waals surface area (Å²) in [6, 6.07) is 39.6. The molecule has 0 aliphatic carbocycles. The second-order valence-electron chi connectivity index (χ2n) is 15.7. The van der Waals surface area contributed by atoms with E-state index in [0.717, 1.165) is 56.7 Å². The molecule has 4 nitrogen and oxygen atoms in total. The van der Waals surface area contributed by atoms with Crippen LogP contribution < -0.4 is 0 Å². The van der Waals surface area contributed by atoms with Gasteiger partial charge in [-0.3, -0.25) is 19.9 Å². The number of rotatable bonds is 0. The fraction of sp³-hybridized carbons (Fsp3) is 0.273. The van der Waals surface area contributed by atoms with Gasteiger partial charge in [-0.15, -0.1) is 0 Å². The maximum Gasteiger partial charge on any atom is 0.0893 e. The molecule has 8 rings (SSSR count). The van der Waals surface area contributed by atoms with Crippen molar-refractivity contribution in [2.45, 2.75) is 77.0 Å². The Hall–Kier alpha value is -4.96. The van der Waals surface area contributed by atoms with E-state index >= 15 is 0 Å². The molecule has 14 bridgehead atoms. The average Bonchev–Trinajstić information content (AvgIpc) is 3.10. The van der Waals surface area contributed by atoms with Crippen LogP contribution in [0.25, 0.3) is 33.9 Å². The fourth-order valence-electron chi connectivity index (χ4n) is 7.30. The molecule has 0 unspecified atom stereocenters. The van der Waals surface area contributed by atoms with Gasteiger partial charge >= 0.3 is 0 Å². The highest BCUT2D eigenvalue weighted by molar-refractivity contribution is 5.66. The van der Waals surface area contributed by atoms with Gasteiger partial charge in [-0.05, 0) is 111 Å². The molecule has 0 fully saturated rings. The van der Waals surface area contributed by atoms with E-state index in [4.69, 9.17) is 19.9 Å². The predicted octanol–water partition coefficient (Wildman–Crippen LogP) is 10.2. The highest BCUT2D eigenvalue weighted by Gasteiger charge is 2.35. The smallest absolute Gasteiger partial charge is 0.0893 e. The zero-order valence-electron chi connectivity index (χ0n) is 29.2. The van der Waals surface area contributed by atoms with Crippen molar-refractivity contribution < 1.29 is 0 Å². The minimum absolute atomic E-state index is 0.336. The van der Waals surface area contributed by atoms with Gasteiger partial charge in [-0.25, -0.2) is 0 Å². The topological polar surface area (TPSA) is 51.6 Å². The van der Waals surface area contributed by atoms with E-state index in [1.54, 1.807) is 0 Å². The van der Waals surface area contributed by atoms with Crippen LogP contribution >= 0.6 is 0 Å². The van der Waals surface area contributed by atoms with E-state index in [-0.39, 0.29) is 10.8 Å². The predicted molar refractivity (Wildman–Crippen MR) is 195 cm³/mol. The lowest BCUT2D eigenvalue weighted by Crippen LogP contribution is -2.27. The summed E-state index contributed by atoms with van der Waals surface area (Å²) in [6.07, 6.45) is 0. The Labute approximate surface area is 284 Å². The van der Waals surface area contributed by atoms with Gasteiger partial charge in [0.2, 0.25) is 0 Å². The first-order chi connectivity index (χ1) is 22.7. The molecule has 0 spiro atoms. The Morgan fingerprint density at radius 3 is 1.10 bits per heavy atom. The van der Waals surface area contributed by atoms with Crippen molar-refractivity contribution in [2.75, 3.05) is 0 Å². The lowest BCUT2D eigenvalue weighted by atomic mass is 9.74. The number of benzene rings is 2. The third-order valence-electron chi connectivity index (χ3n) is 11.2. The van der Waals surface area contributed by atoms with Crippen LogP contribution in [-0.2, 0) is 21.7 Å². The summed E-state index contributed by atoms with van der Waals surface area (Å²) in [5.74, 6) is 0. The number of fused-ring (bicyclic) bond motifs is 14. The second-order valence-corrected chi connectivity index (χ2v) is 15.7. The molecule has 6 heterocycles. The molecule has 2 aliphatic rings. The van der Waals surface area contributed by atoms with E-state index < -0.39 is 10.8 Å². The molecule has 6 aromatic rings. The van der Waals surface area contributed by atoms with Crippen LogP contribution in [0.5, 0.6) is 0 Å². The molecule has 4 aromatic heterocycles. The van der Waals surface area contributed by atoms with Gasteiger partial charge in [0.15, 0.2) is 0 Å². The van der Waals surface area contributed by atoms with Gasteiger partial charge in [0.1, 0.15) is 0 Å². The maximum absolute atomic E-state index is 5.47. The first-order valence-corrected chi connectivity index (χ1v) is 17.0. The Balaban J connectivity index is 1.54. The van der Waals surface area contributed by atoms with Crippen LogP contribution in [0, 0.1) is 0 Å². The summed E-state index contributed by atoms with van der Waals surface area (Å²) in [5.41, 5.74) is 13.0. The van der Waals surface area contributed by atoms with Crippen molar-refractivity contribution >= 4 is 0 Å². The van der Waals surface area contributed by atoms with Crippen LogP contribution in [0.15, 0.2) is 109 Å². The van der Waals surface area contributed by atoms with Crippen molar-refractivity contribution in [3.63, 3.8) is 0 Å².